The molecule has 2 aromatic carbocycles. The third-order valence-electron chi connectivity index (χ3n) is 6.21. The van der Waals surface area contributed by atoms with Crippen molar-refractivity contribution in [3.8, 4) is 22.5 Å². The third kappa shape index (κ3) is 6.52. The lowest BCUT2D eigenvalue weighted by Crippen LogP contribution is -2.15. The molecule has 0 amide bonds. The van der Waals surface area contributed by atoms with E-state index < -0.39 is 37.7 Å². The molecule has 39 heavy (non-hydrogen) atoms. The minimum atomic E-state index is -4.37. The number of aryl methyl sites for hydroxylation is 2. The molecule has 11 heteroatoms. The zero-order chi connectivity index (χ0) is 28.5. The quantitative estimate of drug-likeness (QED) is 0.182. The minimum Gasteiger partial charge on any atom is -0.478 e. The number of nitrogens with zero attached hydrogens (tertiary/aromatic N) is 1. The first kappa shape index (κ1) is 28.0. The van der Waals surface area contributed by atoms with Crippen LogP contribution in [0, 0.1) is 13.8 Å². The molecule has 0 fully saturated rings. The predicted molar refractivity (Wildman–Crippen MR) is 135 cm³/mol. The fraction of sp³-hybridized carbons (Fsp3) is 0.286. The van der Waals surface area contributed by atoms with Gasteiger partial charge in [0.25, 0.3) is 0 Å². The number of hydrogen-bond donors (Lipinski definition) is 2. The van der Waals surface area contributed by atoms with Gasteiger partial charge in [-0.2, -0.15) is 26.3 Å². The second kappa shape index (κ2) is 10.6. The third-order valence-corrected chi connectivity index (χ3v) is 6.21. The molecule has 0 atom stereocenters. The number of benzene rings is 3. The summed E-state index contributed by atoms with van der Waals surface area (Å²) in [6.07, 6.45) is -10.8. The van der Waals surface area contributed by atoms with Crippen LogP contribution < -0.4 is 10.7 Å². The number of fused-ring (bicyclic) bond motifs is 2. The van der Waals surface area contributed by atoms with Gasteiger partial charge in [0.1, 0.15) is 11.3 Å². The van der Waals surface area contributed by atoms with Crippen molar-refractivity contribution in [3.63, 3.8) is 0 Å². The van der Waals surface area contributed by atoms with Gasteiger partial charge in [-0.1, -0.05) is 18.2 Å². The average molecular weight is 550 g/mol. The Balaban J connectivity index is 1.97. The number of carbonyl (C=O) groups is 1. The monoisotopic (exact) mass is 550 g/mol. The summed E-state index contributed by atoms with van der Waals surface area (Å²) >= 11 is 0. The summed E-state index contributed by atoms with van der Waals surface area (Å²) in [5, 5.41) is 13.4. The number of carboxylic acids is 1. The highest BCUT2D eigenvalue weighted by molar-refractivity contribution is 6.08. The average Bonchev–Trinajstić information content (AvgIpc) is 2.82. The number of nitrogens with one attached hydrogen (secondary N) is 1. The van der Waals surface area contributed by atoms with E-state index in [1.165, 1.54) is 18.2 Å². The number of anilines is 1. The van der Waals surface area contributed by atoms with Gasteiger partial charge < -0.3 is 14.8 Å². The van der Waals surface area contributed by atoms with Gasteiger partial charge >= 0.3 is 18.3 Å². The van der Waals surface area contributed by atoms with E-state index in [9.17, 15) is 36.2 Å². The van der Waals surface area contributed by atoms with Crippen molar-refractivity contribution >= 4 is 22.6 Å². The molecule has 2 aromatic rings. The molecule has 0 saturated heterocycles. The van der Waals surface area contributed by atoms with Crippen molar-refractivity contribution in [3.05, 3.63) is 70.6 Å². The van der Waals surface area contributed by atoms with E-state index in [0.717, 1.165) is 0 Å². The standard InChI is InChI=1S/C28H24F6N2O3/c1-15-11-19-23(13-21(15)35-9-7-27(29,30)31)39-24-14-22(36-10-8-28(32,33)34)16(2)12-20(24)25(19)17-5-3-4-6-18(17)26(37)38/h3-6,11-14,35H,7-10H2,1-2H3,(H,37,38). The number of rotatable bonds is 7. The largest absolute Gasteiger partial charge is 0.478 e. The van der Waals surface area contributed by atoms with Crippen molar-refractivity contribution in [2.24, 2.45) is 4.99 Å². The van der Waals surface area contributed by atoms with Crippen LogP contribution in [0.15, 0.2) is 57.9 Å². The second-order valence-corrected chi connectivity index (χ2v) is 9.16. The zero-order valence-electron chi connectivity index (χ0n) is 20.9. The van der Waals surface area contributed by atoms with E-state index in [4.69, 9.17) is 4.42 Å². The SMILES string of the molecule is Cc1cc2c(-c3ccccc3C(=O)O)c3cc(C)c(=NCCC(F)(F)F)cc-3oc2cc1NCCC(F)(F)F. The topological polar surface area (TPSA) is 74.8 Å². The van der Waals surface area contributed by atoms with E-state index in [1.807, 2.05) is 0 Å². The molecule has 206 valence electrons. The zero-order valence-corrected chi connectivity index (χ0v) is 20.9. The Labute approximate surface area is 219 Å². The molecular weight excluding hydrogens is 526 g/mol. The normalized spacial score (nSPS) is 12.9. The highest BCUT2D eigenvalue weighted by atomic mass is 19.4. The Morgan fingerprint density at radius 2 is 1.62 bits per heavy atom. The number of halogens is 6. The molecule has 1 heterocycles. The smallest absolute Gasteiger partial charge is 0.390 e. The molecule has 1 aliphatic heterocycles. The van der Waals surface area contributed by atoms with Crippen LogP contribution in [-0.2, 0) is 0 Å². The Morgan fingerprint density at radius 3 is 2.28 bits per heavy atom. The molecule has 2 N–H and O–H groups in total. The lowest BCUT2D eigenvalue weighted by atomic mass is 9.89. The van der Waals surface area contributed by atoms with E-state index in [-0.39, 0.29) is 28.8 Å². The van der Waals surface area contributed by atoms with Crippen LogP contribution >= 0.6 is 0 Å². The number of alkyl halides is 6. The molecule has 2 aliphatic rings. The van der Waals surface area contributed by atoms with Gasteiger partial charge in [-0.05, 0) is 48.7 Å². The van der Waals surface area contributed by atoms with Gasteiger partial charge in [0.2, 0.25) is 0 Å². The summed E-state index contributed by atoms with van der Waals surface area (Å²) in [4.78, 5) is 16.1. The van der Waals surface area contributed by atoms with Gasteiger partial charge in [-0.15, -0.1) is 0 Å². The van der Waals surface area contributed by atoms with E-state index >= 15 is 0 Å². The van der Waals surface area contributed by atoms with Crippen LogP contribution in [-0.4, -0.2) is 36.5 Å². The number of hydrogen-bond acceptors (Lipinski definition) is 4. The van der Waals surface area contributed by atoms with Crippen LogP contribution in [0.1, 0.15) is 34.3 Å². The lowest BCUT2D eigenvalue weighted by Gasteiger charge is -2.19. The molecule has 0 aromatic heterocycles. The van der Waals surface area contributed by atoms with E-state index in [0.29, 0.717) is 38.9 Å². The van der Waals surface area contributed by atoms with E-state index in [2.05, 4.69) is 10.3 Å². The van der Waals surface area contributed by atoms with Crippen molar-refractivity contribution in [2.75, 3.05) is 18.4 Å². The molecule has 1 aliphatic carbocycles. The number of aromatic carboxylic acids is 1. The highest BCUT2D eigenvalue weighted by Gasteiger charge is 2.27. The fourth-order valence-electron chi connectivity index (χ4n) is 4.37. The molecular formula is C28H24F6N2O3. The summed E-state index contributed by atoms with van der Waals surface area (Å²) in [5.41, 5.74) is 3.26. The van der Waals surface area contributed by atoms with E-state index in [1.54, 1.807) is 44.2 Å². The summed E-state index contributed by atoms with van der Waals surface area (Å²) in [6, 6.07) is 12.8. The molecule has 0 saturated carbocycles. The maximum absolute atomic E-state index is 12.7. The summed E-state index contributed by atoms with van der Waals surface area (Å²) in [5.74, 6) is -0.926. The van der Waals surface area contributed by atoms with Crippen molar-refractivity contribution < 1.29 is 40.7 Å². The molecule has 4 rings (SSSR count). The first-order valence-electron chi connectivity index (χ1n) is 12.0. The molecule has 0 bridgehead atoms. The van der Waals surface area contributed by atoms with Gasteiger partial charge in [0, 0.05) is 47.4 Å². The van der Waals surface area contributed by atoms with Crippen molar-refractivity contribution in [2.45, 2.75) is 39.0 Å². The Hall–Kier alpha value is -4.02. The summed E-state index contributed by atoms with van der Waals surface area (Å²) < 4.78 is 82.1. The van der Waals surface area contributed by atoms with Gasteiger partial charge in [0.05, 0.1) is 23.8 Å². The maximum Gasteiger partial charge on any atom is 0.390 e. The summed E-state index contributed by atoms with van der Waals surface area (Å²) in [7, 11) is 0. The van der Waals surface area contributed by atoms with Crippen LogP contribution in [0.25, 0.3) is 33.4 Å². The van der Waals surface area contributed by atoms with Crippen molar-refractivity contribution in [1.29, 1.82) is 0 Å². The minimum absolute atomic E-state index is 0.0212. The Morgan fingerprint density at radius 1 is 0.923 bits per heavy atom. The van der Waals surface area contributed by atoms with Crippen LogP contribution in [0.3, 0.4) is 0 Å². The Bertz CT molecular complexity index is 1570. The number of carboxylic acid groups (broad SMARTS) is 1. The Kier molecular flexibility index (Phi) is 7.63. The molecule has 0 radical (unpaired) electrons. The predicted octanol–water partition coefficient (Wildman–Crippen LogP) is 7.74. The molecule has 0 unspecified atom stereocenters. The highest BCUT2D eigenvalue weighted by Crippen LogP contribution is 2.43. The lowest BCUT2D eigenvalue weighted by molar-refractivity contribution is -0.132. The fourth-order valence-corrected chi connectivity index (χ4v) is 4.37. The maximum atomic E-state index is 12.7. The van der Waals surface area contributed by atoms with Crippen LogP contribution in [0.4, 0.5) is 32.0 Å². The van der Waals surface area contributed by atoms with Crippen LogP contribution in [0.2, 0.25) is 0 Å². The molecule has 0 spiro atoms. The van der Waals surface area contributed by atoms with Gasteiger partial charge in [-0.3, -0.25) is 4.99 Å². The van der Waals surface area contributed by atoms with Crippen LogP contribution in [0.5, 0.6) is 0 Å². The first-order chi connectivity index (χ1) is 18.2. The molecule has 5 nitrogen and oxygen atoms in total. The van der Waals surface area contributed by atoms with Gasteiger partial charge in [-0.25, -0.2) is 4.79 Å². The summed E-state index contributed by atoms with van der Waals surface area (Å²) in [6.45, 7) is 2.55. The van der Waals surface area contributed by atoms with Crippen molar-refractivity contribution in [1.82, 2.24) is 0 Å². The first-order valence-corrected chi connectivity index (χ1v) is 12.0. The second-order valence-electron chi connectivity index (χ2n) is 9.16. The van der Waals surface area contributed by atoms with Gasteiger partial charge in [0.15, 0.2) is 0 Å².